The van der Waals surface area contributed by atoms with Crippen molar-refractivity contribution in [3.63, 3.8) is 0 Å². The van der Waals surface area contributed by atoms with Crippen molar-refractivity contribution in [1.82, 2.24) is 15.2 Å². The van der Waals surface area contributed by atoms with Gasteiger partial charge in [-0.25, -0.2) is 4.98 Å². The fourth-order valence-electron chi connectivity index (χ4n) is 3.92. The van der Waals surface area contributed by atoms with Crippen LogP contribution in [0.2, 0.25) is 0 Å². The zero-order valence-electron chi connectivity index (χ0n) is 19.1. The largest absolute Gasteiger partial charge is 0.460 e. The molecule has 1 saturated heterocycles. The molecule has 11 heteroatoms. The minimum absolute atomic E-state index is 0.198. The van der Waals surface area contributed by atoms with E-state index in [0.717, 1.165) is 15.8 Å². The normalized spacial score (nSPS) is 18.2. The van der Waals surface area contributed by atoms with E-state index in [1.807, 2.05) is 54.6 Å². The summed E-state index contributed by atoms with van der Waals surface area (Å²) in [5.74, 6) is -1.77. The Kier molecular flexibility index (Phi) is 8.20. The summed E-state index contributed by atoms with van der Waals surface area (Å²) in [7, 11) is 0. The number of fused-ring (bicyclic) bond motifs is 1. The van der Waals surface area contributed by atoms with Crippen molar-refractivity contribution in [2.75, 3.05) is 13.2 Å². The highest BCUT2D eigenvalue weighted by molar-refractivity contribution is 7.18. The highest BCUT2D eigenvalue weighted by atomic mass is 35.6. The second-order valence-electron chi connectivity index (χ2n) is 8.30. The minimum atomic E-state index is -1.75. The molecule has 1 N–H and O–H groups in total. The van der Waals surface area contributed by atoms with E-state index < -0.39 is 28.3 Å². The van der Waals surface area contributed by atoms with E-state index in [-0.39, 0.29) is 24.8 Å². The topological polar surface area (TPSA) is 88.6 Å². The van der Waals surface area contributed by atoms with Crippen molar-refractivity contribution in [2.45, 2.75) is 23.2 Å². The van der Waals surface area contributed by atoms with Crippen LogP contribution in [0.25, 0.3) is 10.2 Å². The maximum atomic E-state index is 13.1. The number of carbonyl (C=O) groups is 3. The number of nitrogens with one attached hydrogen (secondary N) is 1. The highest BCUT2D eigenvalue weighted by Gasteiger charge is 2.51. The molecule has 36 heavy (non-hydrogen) atoms. The van der Waals surface area contributed by atoms with Crippen molar-refractivity contribution in [1.29, 1.82) is 0 Å². The van der Waals surface area contributed by atoms with E-state index >= 15 is 0 Å². The fourth-order valence-corrected chi connectivity index (χ4v) is 5.21. The van der Waals surface area contributed by atoms with Crippen LogP contribution >= 0.6 is 46.1 Å². The lowest BCUT2D eigenvalue weighted by Crippen LogP contribution is -2.57. The number of halogens is 3. The number of aromatic nitrogens is 1. The number of para-hydroxylation sites is 1. The first-order valence-electron chi connectivity index (χ1n) is 11.0. The number of rotatable bonds is 8. The summed E-state index contributed by atoms with van der Waals surface area (Å²) in [4.78, 5) is 44.0. The lowest BCUT2D eigenvalue weighted by molar-refractivity contribution is -0.163. The molecule has 3 aromatic rings. The molecule has 1 fully saturated rings. The number of hydrogen-bond donors (Lipinski definition) is 1. The summed E-state index contributed by atoms with van der Waals surface area (Å²) in [6.07, 6.45) is 1.76. The molecule has 2 aromatic carbocycles. The second-order valence-corrected chi connectivity index (χ2v) is 11.9. The Labute approximate surface area is 227 Å². The molecule has 2 heterocycles. The Bertz CT molecular complexity index is 1270. The smallest absolute Gasteiger partial charge is 0.325 e. The van der Waals surface area contributed by atoms with Crippen molar-refractivity contribution in [2.24, 2.45) is 5.92 Å². The van der Waals surface area contributed by atoms with Crippen LogP contribution in [0.3, 0.4) is 0 Å². The van der Waals surface area contributed by atoms with Gasteiger partial charge in [-0.05, 0) is 30.2 Å². The molecule has 0 spiro atoms. The van der Waals surface area contributed by atoms with Gasteiger partial charge in [-0.1, -0.05) is 77.3 Å². The number of benzene rings is 2. The molecule has 4 rings (SSSR count). The summed E-state index contributed by atoms with van der Waals surface area (Å²) in [5, 5.41) is 3.45. The number of thiazole rings is 1. The summed E-state index contributed by atoms with van der Waals surface area (Å²) in [6, 6.07) is 16.5. The molecule has 188 valence electrons. The van der Waals surface area contributed by atoms with Crippen molar-refractivity contribution >= 4 is 74.1 Å². The number of likely N-dealkylation sites (tertiary alicyclic amines) is 1. The van der Waals surface area contributed by atoms with E-state index in [4.69, 9.17) is 44.5 Å². The molecule has 0 aliphatic carbocycles. The van der Waals surface area contributed by atoms with E-state index in [0.29, 0.717) is 10.6 Å². The van der Waals surface area contributed by atoms with Crippen LogP contribution in [-0.4, -0.2) is 44.6 Å². The van der Waals surface area contributed by atoms with Gasteiger partial charge < -0.3 is 15.0 Å². The van der Waals surface area contributed by atoms with Gasteiger partial charge in [0.1, 0.15) is 18.2 Å². The first-order valence-corrected chi connectivity index (χ1v) is 13.0. The summed E-state index contributed by atoms with van der Waals surface area (Å²) >= 11 is 18.4. The number of esters is 1. The number of nitrogens with zero attached hydrogens (tertiary/aromatic N) is 2. The summed E-state index contributed by atoms with van der Waals surface area (Å²) < 4.78 is 4.23. The molecule has 1 aliphatic heterocycles. The average molecular weight is 567 g/mol. The van der Waals surface area contributed by atoms with Crippen molar-refractivity contribution < 1.29 is 19.1 Å². The Morgan fingerprint density at radius 3 is 2.53 bits per heavy atom. The first kappa shape index (κ1) is 26.4. The van der Waals surface area contributed by atoms with E-state index in [1.54, 1.807) is 13.1 Å². The molecule has 0 saturated carbocycles. The molecule has 1 aromatic heterocycles. The lowest BCUT2D eigenvalue weighted by atomic mass is 9.82. The Morgan fingerprint density at radius 2 is 1.83 bits per heavy atom. The molecule has 0 bridgehead atoms. The third-order valence-electron chi connectivity index (χ3n) is 5.62. The zero-order chi connectivity index (χ0) is 25.9. The molecular formula is C25H22Cl3N3O4S. The van der Waals surface area contributed by atoms with Gasteiger partial charge >= 0.3 is 5.97 Å². The summed E-state index contributed by atoms with van der Waals surface area (Å²) in [6.45, 7) is 1.02. The Hall–Kier alpha value is -2.65. The predicted molar refractivity (Wildman–Crippen MR) is 141 cm³/mol. The van der Waals surface area contributed by atoms with Crippen molar-refractivity contribution in [3.05, 3.63) is 76.9 Å². The predicted octanol–water partition coefficient (Wildman–Crippen LogP) is 4.97. The van der Waals surface area contributed by atoms with Gasteiger partial charge in [0.05, 0.1) is 28.6 Å². The summed E-state index contributed by atoms with van der Waals surface area (Å²) in [5.41, 5.74) is 2.33. The van der Waals surface area contributed by atoms with Gasteiger partial charge in [0.25, 0.3) is 0 Å². The maximum absolute atomic E-state index is 13.1. The standard InChI is InChI=1S/C25H22Cl3N3O4S/c1-15(12-29-19(32)11-16-7-3-2-4-8-16)21-22(23-30-17-9-5-6-10-18(17)36-23)31(24(21)34)13-20(33)35-14-25(26,27)28/h2-10,12,21-22H,11,13-14H2,1H3,(H,29,32). The van der Waals surface area contributed by atoms with Crippen LogP contribution in [0.15, 0.2) is 66.4 Å². The van der Waals surface area contributed by atoms with E-state index in [1.165, 1.54) is 16.2 Å². The molecule has 1 aliphatic rings. The minimum Gasteiger partial charge on any atom is -0.460 e. The molecule has 2 atom stereocenters. The Morgan fingerprint density at radius 1 is 1.14 bits per heavy atom. The van der Waals surface area contributed by atoms with Crippen LogP contribution in [0.5, 0.6) is 0 Å². The number of amides is 2. The molecule has 0 radical (unpaired) electrons. The maximum Gasteiger partial charge on any atom is 0.325 e. The van der Waals surface area contributed by atoms with Crippen LogP contribution in [-0.2, 0) is 25.5 Å². The molecular weight excluding hydrogens is 545 g/mol. The van der Waals surface area contributed by atoms with Crippen LogP contribution in [0.1, 0.15) is 23.5 Å². The Balaban J connectivity index is 1.52. The second kappa shape index (κ2) is 11.2. The van der Waals surface area contributed by atoms with Gasteiger partial charge in [-0.15, -0.1) is 11.3 Å². The van der Waals surface area contributed by atoms with Gasteiger partial charge in [-0.2, -0.15) is 0 Å². The quantitative estimate of drug-likeness (QED) is 0.236. The number of alkyl halides is 3. The number of ether oxygens (including phenoxy) is 1. The van der Waals surface area contributed by atoms with E-state index in [2.05, 4.69) is 5.32 Å². The van der Waals surface area contributed by atoms with Crippen LogP contribution in [0, 0.1) is 5.92 Å². The monoisotopic (exact) mass is 565 g/mol. The van der Waals surface area contributed by atoms with Crippen LogP contribution < -0.4 is 5.32 Å². The average Bonchev–Trinajstić information content (AvgIpc) is 3.26. The third kappa shape index (κ3) is 6.37. The lowest BCUT2D eigenvalue weighted by Gasteiger charge is -2.46. The SMILES string of the molecule is CC(=CNC(=O)Cc1ccccc1)C1C(=O)N(CC(=O)OCC(Cl)(Cl)Cl)C1c1nc2ccccc2s1. The first-order chi connectivity index (χ1) is 17.1. The number of hydrogen-bond acceptors (Lipinski definition) is 6. The van der Waals surface area contributed by atoms with Gasteiger partial charge in [0.2, 0.25) is 15.6 Å². The third-order valence-corrected chi connectivity index (χ3v) is 7.05. The fraction of sp³-hybridized carbons (Fsp3) is 0.280. The van der Waals surface area contributed by atoms with Gasteiger partial charge in [0.15, 0.2) is 0 Å². The molecule has 2 unspecified atom stereocenters. The molecule has 2 amide bonds. The highest BCUT2D eigenvalue weighted by Crippen LogP contribution is 2.46. The number of β-lactam (4-membered cyclic amide) rings is 1. The van der Waals surface area contributed by atoms with Gasteiger partial charge in [-0.3, -0.25) is 14.4 Å². The van der Waals surface area contributed by atoms with E-state index in [9.17, 15) is 14.4 Å². The molecule has 7 nitrogen and oxygen atoms in total. The van der Waals surface area contributed by atoms with Gasteiger partial charge in [0, 0.05) is 6.20 Å². The zero-order valence-corrected chi connectivity index (χ0v) is 22.2. The number of carbonyl (C=O) groups excluding carboxylic acids is 3. The van der Waals surface area contributed by atoms with Crippen molar-refractivity contribution in [3.8, 4) is 0 Å². The van der Waals surface area contributed by atoms with Crippen LogP contribution in [0.4, 0.5) is 0 Å².